The summed E-state index contributed by atoms with van der Waals surface area (Å²) in [6, 6.07) is 0.673. The second-order valence-corrected chi connectivity index (χ2v) is 5.53. The van der Waals surface area contributed by atoms with Crippen LogP contribution in [0, 0.1) is 5.92 Å². The Morgan fingerprint density at radius 2 is 1.88 bits per heavy atom. The van der Waals surface area contributed by atoms with E-state index in [0.29, 0.717) is 18.2 Å². The summed E-state index contributed by atoms with van der Waals surface area (Å²) in [7, 11) is 0. The SMILES string of the molecule is CCNCC(C(C)C)N1CC2CCC(C1)O2. The average Bonchev–Trinajstić information content (AvgIpc) is 2.58. The molecular weight excluding hydrogens is 200 g/mol. The summed E-state index contributed by atoms with van der Waals surface area (Å²) in [4.78, 5) is 2.65. The van der Waals surface area contributed by atoms with Gasteiger partial charge in [0.1, 0.15) is 0 Å². The number of rotatable bonds is 5. The van der Waals surface area contributed by atoms with Gasteiger partial charge in [-0.2, -0.15) is 0 Å². The molecule has 0 aliphatic carbocycles. The molecule has 0 radical (unpaired) electrons. The van der Waals surface area contributed by atoms with Crippen LogP contribution in [-0.2, 0) is 4.74 Å². The normalized spacial score (nSPS) is 32.2. The van der Waals surface area contributed by atoms with Gasteiger partial charge in [0.05, 0.1) is 12.2 Å². The fourth-order valence-corrected chi connectivity index (χ4v) is 3.00. The van der Waals surface area contributed by atoms with Gasteiger partial charge in [-0.1, -0.05) is 20.8 Å². The summed E-state index contributed by atoms with van der Waals surface area (Å²) in [6.45, 7) is 11.3. The zero-order valence-electron chi connectivity index (χ0n) is 10.9. The van der Waals surface area contributed by atoms with Crippen molar-refractivity contribution in [1.82, 2.24) is 10.2 Å². The molecule has 0 aromatic carbocycles. The molecule has 2 rings (SSSR count). The Kier molecular flexibility index (Phi) is 4.22. The Balaban J connectivity index is 1.92. The van der Waals surface area contributed by atoms with Gasteiger partial charge in [-0.15, -0.1) is 0 Å². The molecule has 3 nitrogen and oxygen atoms in total. The van der Waals surface area contributed by atoms with Gasteiger partial charge in [-0.3, -0.25) is 4.90 Å². The van der Waals surface area contributed by atoms with E-state index in [2.05, 4.69) is 31.0 Å². The molecule has 94 valence electrons. The number of ether oxygens (including phenoxy) is 1. The monoisotopic (exact) mass is 226 g/mol. The molecule has 2 heterocycles. The third kappa shape index (κ3) is 2.76. The molecule has 16 heavy (non-hydrogen) atoms. The quantitative estimate of drug-likeness (QED) is 0.768. The maximum Gasteiger partial charge on any atom is 0.0707 e. The Labute approximate surface area is 99.5 Å². The highest BCUT2D eigenvalue weighted by atomic mass is 16.5. The van der Waals surface area contributed by atoms with E-state index in [4.69, 9.17) is 4.74 Å². The number of nitrogens with zero attached hydrogens (tertiary/aromatic N) is 1. The average molecular weight is 226 g/mol. The number of morpholine rings is 1. The first-order valence-electron chi connectivity index (χ1n) is 6.81. The molecule has 0 aromatic heterocycles. The minimum Gasteiger partial charge on any atom is -0.372 e. The predicted octanol–water partition coefficient (Wildman–Crippen LogP) is 1.48. The lowest BCUT2D eigenvalue weighted by Crippen LogP contribution is -2.53. The van der Waals surface area contributed by atoms with E-state index in [1.165, 1.54) is 12.8 Å². The second-order valence-electron chi connectivity index (χ2n) is 5.53. The molecule has 3 unspecified atom stereocenters. The van der Waals surface area contributed by atoms with Crippen LogP contribution in [0.15, 0.2) is 0 Å². The van der Waals surface area contributed by atoms with Gasteiger partial charge in [0, 0.05) is 25.7 Å². The molecule has 2 aliphatic heterocycles. The van der Waals surface area contributed by atoms with Gasteiger partial charge in [-0.05, 0) is 25.3 Å². The van der Waals surface area contributed by atoms with Crippen molar-refractivity contribution in [3.63, 3.8) is 0 Å². The maximum atomic E-state index is 5.90. The van der Waals surface area contributed by atoms with Crippen molar-refractivity contribution >= 4 is 0 Å². The van der Waals surface area contributed by atoms with Crippen molar-refractivity contribution < 1.29 is 4.74 Å². The lowest BCUT2D eigenvalue weighted by Gasteiger charge is -2.40. The van der Waals surface area contributed by atoms with Gasteiger partial charge in [-0.25, -0.2) is 0 Å². The van der Waals surface area contributed by atoms with Crippen molar-refractivity contribution in [1.29, 1.82) is 0 Å². The summed E-state index contributed by atoms with van der Waals surface area (Å²) in [5.41, 5.74) is 0. The lowest BCUT2D eigenvalue weighted by atomic mass is 10.0. The maximum absolute atomic E-state index is 5.90. The molecule has 1 N–H and O–H groups in total. The van der Waals surface area contributed by atoms with Crippen LogP contribution in [-0.4, -0.2) is 49.3 Å². The fourth-order valence-electron chi connectivity index (χ4n) is 3.00. The summed E-state index contributed by atoms with van der Waals surface area (Å²) < 4.78 is 5.90. The zero-order chi connectivity index (χ0) is 11.5. The number of likely N-dealkylation sites (N-methyl/N-ethyl adjacent to an activating group) is 1. The molecule has 2 saturated heterocycles. The van der Waals surface area contributed by atoms with Crippen LogP contribution in [0.4, 0.5) is 0 Å². The van der Waals surface area contributed by atoms with Gasteiger partial charge in [0.25, 0.3) is 0 Å². The van der Waals surface area contributed by atoms with Crippen molar-refractivity contribution in [2.45, 2.75) is 51.9 Å². The molecular formula is C13H26N2O. The van der Waals surface area contributed by atoms with Crippen LogP contribution >= 0.6 is 0 Å². The second kappa shape index (κ2) is 5.48. The minimum absolute atomic E-state index is 0.515. The van der Waals surface area contributed by atoms with Crippen LogP contribution in [0.1, 0.15) is 33.6 Å². The van der Waals surface area contributed by atoms with Gasteiger partial charge in [0.15, 0.2) is 0 Å². The molecule has 2 bridgehead atoms. The first-order valence-corrected chi connectivity index (χ1v) is 6.81. The number of hydrogen-bond donors (Lipinski definition) is 1. The third-order valence-electron chi connectivity index (χ3n) is 3.91. The van der Waals surface area contributed by atoms with Crippen LogP contribution in [0.5, 0.6) is 0 Å². The van der Waals surface area contributed by atoms with Crippen LogP contribution in [0.3, 0.4) is 0 Å². The molecule has 2 aliphatic rings. The van der Waals surface area contributed by atoms with Crippen LogP contribution in [0.25, 0.3) is 0 Å². The van der Waals surface area contributed by atoms with E-state index in [0.717, 1.165) is 32.1 Å². The number of hydrogen-bond acceptors (Lipinski definition) is 3. The van der Waals surface area contributed by atoms with Gasteiger partial charge in [0.2, 0.25) is 0 Å². The molecule has 0 aromatic rings. The van der Waals surface area contributed by atoms with E-state index in [9.17, 15) is 0 Å². The summed E-state index contributed by atoms with van der Waals surface area (Å²) >= 11 is 0. The highest BCUT2D eigenvalue weighted by Gasteiger charge is 2.36. The molecule has 2 fully saturated rings. The van der Waals surface area contributed by atoms with Crippen molar-refractivity contribution in [3.8, 4) is 0 Å². The van der Waals surface area contributed by atoms with E-state index in [1.807, 2.05) is 0 Å². The lowest BCUT2D eigenvalue weighted by molar-refractivity contribution is -0.0585. The Bertz CT molecular complexity index is 208. The fraction of sp³-hybridized carbons (Fsp3) is 1.00. The molecule has 0 spiro atoms. The molecule has 3 atom stereocenters. The molecule has 3 heteroatoms. The van der Waals surface area contributed by atoms with E-state index < -0.39 is 0 Å². The zero-order valence-corrected chi connectivity index (χ0v) is 10.9. The largest absolute Gasteiger partial charge is 0.372 e. The first kappa shape index (κ1) is 12.3. The van der Waals surface area contributed by atoms with Gasteiger partial charge < -0.3 is 10.1 Å². The van der Waals surface area contributed by atoms with Crippen molar-refractivity contribution in [2.24, 2.45) is 5.92 Å². The standard InChI is InChI=1S/C13H26N2O/c1-4-14-7-13(10(2)3)15-8-11-5-6-12(9-15)16-11/h10-14H,4-9H2,1-3H3. The Morgan fingerprint density at radius 3 is 2.38 bits per heavy atom. The Morgan fingerprint density at radius 1 is 1.25 bits per heavy atom. The minimum atomic E-state index is 0.515. The summed E-state index contributed by atoms with van der Waals surface area (Å²) in [6.07, 6.45) is 3.57. The van der Waals surface area contributed by atoms with E-state index >= 15 is 0 Å². The first-order chi connectivity index (χ1) is 7.70. The Hall–Kier alpha value is -0.120. The molecule has 0 amide bonds. The number of fused-ring (bicyclic) bond motifs is 2. The number of nitrogens with one attached hydrogen (secondary N) is 1. The summed E-state index contributed by atoms with van der Waals surface area (Å²) in [5.74, 6) is 0.719. The highest BCUT2D eigenvalue weighted by Crippen LogP contribution is 2.28. The molecule has 0 saturated carbocycles. The van der Waals surface area contributed by atoms with Gasteiger partial charge >= 0.3 is 0 Å². The van der Waals surface area contributed by atoms with Crippen LogP contribution < -0.4 is 5.32 Å². The topological polar surface area (TPSA) is 24.5 Å². The predicted molar refractivity (Wildman–Crippen MR) is 66.6 cm³/mol. The van der Waals surface area contributed by atoms with Crippen molar-refractivity contribution in [3.05, 3.63) is 0 Å². The number of likely N-dealkylation sites (tertiary alicyclic amines) is 1. The summed E-state index contributed by atoms with van der Waals surface area (Å²) in [5, 5.41) is 3.49. The van der Waals surface area contributed by atoms with E-state index in [1.54, 1.807) is 0 Å². The highest BCUT2D eigenvalue weighted by molar-refractivity contribution is 4.89. The van der Waals surface area contributed by atoms with E-state index in [-0.39, 0.29) is 0 Å². The van der Waals surface area contributed by atoms with Crippen molar-refractivity contribution in [2.75, 3.05) is 26.2 Å². The van der Waals surface area contributed by atoms with Crippen LogP contribution in [0.2, 0.25) is 0 Å². The third-order valence-corrected chi connectivity index (χ3v) is 3.91. The smallest absolute Gasteiger partial charge is 0.0707 e.